The minimum atomic E-state index is 0.852. The van der Waals surface area contributed by atoms with Gasteiger partial charge in [0.25, 0.3) is 0 Å². The maximum atomic E-state index is 5.54. The van der Waals surface area contributed by atoms with E-state index in [0.29, 0.717) is 0 Å². The average molecular weight is 191 g/mol. The molecule has 2 rings (SSSR count). The van der Waals surface area contributed by atoms with Crippen LogP contribution in [-0.2, 0) is 17.7 Å². The lowest BCUT2D eigenvalue weighted by Crippen LogP contribution is -2.22. The molecule has 76 valence electrons. The fourth-order valence-corrected chi connectivity index (χ4v) is 1.83. The predicted molar refractivity (Wildman–Crippen MR) is 57.3 cm³/mol. The zero-order valence-corrected chi connectivity index (χ0v) is 8.70. The maximum absolute atomic E-state index is 5.54. The number of rotatable bonds is 0. The minimum Gasteiger partial charge on any atom is -0.380 e. The van der Waals surface area contributed by atoms with Crippen molar-refractivity contribution in [3.63, 3.8) is 0 Å². The zero-order valence-electron chi connectivity index (χ0n) is 8.70. The van der Waals surface area contributed by atoms with Crippen molar-refractivity contribution in [3.05, 3.63) is 35.4 Å². The van der Waals surface area contributed by atoms with Gasteiger partial charge in [0, 0.05) is 13.1 Å². The standard InChI is InChI=1S/C12H17NO/c1-13-7-9-14-8-6-11-4-2-3-5-12(11)10-13/h2-5H,6-10H2,1H3. The third-order valence-electron chi connectivity index (χ3n) is 2.69. The van der Waals surface area contributed by atoms with E-state index in [1.807, 2.05) is 0 Å². The molecule has 0 atom stereocenters. The van der Waals surface area contributed by atoms with Crippen molar-refractivity contribution in [2.45, 2.75) is 13.0 Å². The molecule has 1 aliphatic heterocycles. The Morgan fingerprint density at radius 2 is 1.93 bits per heavy atom. The monoisotopic (exact) mass is 191 g/mol. The van der Waals surface area contributed by atoms with E-state index in [1.165, 1.54) is 11.1 Å². The molecule has 1 aromatic carbocycles. The second-order valence-corrected chi connectivity index (χ2v) is 3.87. The van der Waals surface area contributed by atoms with E-state index in [9.17, 15) is 0 Å². The molecule has 0 bridgehead atoms. The Hall–Kier alpha value is -0.860. The average Bonchev–Trinajstić information content (AvgIpc) is 2.27. The van der Waals surface area contributed by atoms with Crippen LogP contribution in [0.4, 0.5) is 0 Å². The first-order chi connectivity index (χ1) is 6.86. The Labute approximate surface area is 85.5 Å². The Kier molecular flexibility index (Phi) is 3.17. The second kappa shape index (κ2) is 4.58. The second-order valence-electron chi connectivity index (χ2n) is 3.87. The van der Waals surface area contributed by atoms with Gasteiger partial charge in [0.15, 0.2) is 0 Å². The van der Waals surface area contributed by atoms with Crippen LogP contribution in [0.25, 0.3) is 0 Å². The Morgan fingerprint density at radius 3 is 2.79 bits per heavy atom. The molecule has 0 spiro atoms. The molecule has 0 saturated carbocycles. The maximum Gasteiger partial charge on any atom is 0.0593 e. The van der Waals surface area contributed by atoms with Crippen LogP contribution < -0.4 is 0 Å². The summed E-state index contributed by atoms with van der Waals surface area (Å²) >= 11 is 0. The largest absolute Gasteiger partial charge is 0.380 e. The van der Waals surface area contributed by atoms with Gasteiger partial charge in [0.05, 0.1) is 13.2 Å². The highest BCUT2D eigenvalue weighted by Gasteiger charge is 2.07. The van der Waals surface area contributed by atoms with Crippen molar-refractivity contribution in [1.29, 1.82) is 0 Å². The summed E-state index contributed by atoms with van der Waals surface area (Å²) in [5.74, 6) is 0. The molecule has 1 aromatic rings. The lowest BCUT2D eigenvalue weighted by molar-refractivity contribution is 0.116. The lowest BCUT2D eigenvalue weighted by Gasteiger charge is -2.16. The summed E-state index contributed by atoms with van der Waals surface area (Å²) < 4.78 is 5.54. The van der Waals surface area contributed by atoms with Crippen LogP contribution in [0, 0.1) is 0 Å². The SMILES string of the molecule is CN1CCOCCc2ccccc2C1. The quantitative estimate of drug-likeness (QED) is 0.619. The van der Waals surface area contributed by atoms with Crippen molar-refractivity contribution in [2.75, 3.05) is 26.8 Å². The highest BCUT2D eigenvalue weighted by molar-refractivity contribution is 5.27. The van der Waals surface area contributed by atoms with Gasteiger partial charge in [-0.25, -0.2) is 0 Å². The fraction of sp³-hybridized carbons (Fsp3) is 0.500. The molecule has 0 N–H and O–H groups in total. The number of likely N-dealkylation sites (N-methyl/N-ethyl adjacent to an activating group) is 1. The Balaban J connectivity index is 2.21. The lowest BCUT2D eigenvalue weighted by atomic mass is 10.0. The predicted octanol–water partition coefficient (Wildman–Crippen LogP) is 1.69. The van der Waals surface area contributed by atoms with E-state index in [0.717, 1.165) is 32.7 Å². The van der Waals surface area contributed by atoms with Crippen LogP contribution in [0.5, 0.6) is 0 Å². The molecule has 1 aliphatic rings. The molecular formula is C12H17NO. The molecule has 1 heterocycles. The topological polar surface area (TPSA) is 12.5 Å². The van der Waals surface area contributed by atoms with E-state index >= 15 is 0 Å². The number of ether oxygens (including phenoxy) is 1. The van der Waals surface area contributed by atoms with Gasteiger partial charge in [-0.15, -0.1) is 0 Å². The van der Waals surface area contributed by atoms with Crippen LogP contribution >= 0.6 is 0 Å². The number of benzene rings is 1. The number of hydrogen-bond acceptors (Lipinski definition) is 2. The van der Waals surface area contributed by atoms with E-state index in [-0.39, 0.29) is 0 Å². The number of fused-ring (bicyclic) bond motifs is 1. The van der Waals surface area contributed by atoms with Crippen LogP contribution in [0.15, 0.2) is 24.3 Å². The fourth-order valence-electron chi connectivity index (χ4n) is 1.83. The summed E-state index contributed by atoms with van der Waals surface area (Å²) in [6.45, 7) is 3.77. The molecule has 14 heavy (non-hydrogen) atoms. The summed E-state index contributed by atoms with van der Waals surface area (Å²) in [5.41, 5.74) is 2.88. The van der Waals surface area contributed by atoms with Crippen LogP contribution in [-0.4, -0.2) is 31.7 Å². The van der Waals surface area contributed by atoms with E-state index in [4.69, 9.17) is 4.74 Å². The molecule has 2 heteroatoms. The summed E-state index contributed by atoms with van der Waals surface area (Å²) in [6, 6.07) is 8.65. The molecule has 0 aliphatic carbocycles. The molecule has 0 fully saturated rings. The highest BCUT2D eigenvalue weighted by atomic mass is 16.5. The van der Waals surface area contributed by atoms with Crippen molar-refractivity contribution in [2.24, 2.45) is 0 Å². The van der Waals surface area contributed by atoms with Gasteiger partial charge in [0.1, 0.15) is 0 Å². The zero-order chi connectivity index (χ0) is 9.80. The van der Waals surface area contributed by atoms with Gasteiger partial charge in [-0.1, -0.05) is 24.3 Å². The van der Waals surface area contributed by atoms with Crippen molar-refractivity contribution in [3.8, 4) is 0 Å². The van der Waals surface area contributed by atoms with E-state index in [1.54, 1.807) is 0 Å². The molecule has 2 nitrogen and oxygen atoms in total. The van der Waals surface area contributed by atoms with Crippen LogP contribution in [0.1, 0.15) is 11.1 Å². The first kappa shape index (κ1) is 9.69. The summed E-state index contributed by atoms with van der Waals surface area (Å²) in [4.78, 5) is 2.31. The number of hydrogen-bond donors (Lipinski definition) is 0. The van der Waals surface area contributed by atoms with Gasteiger partial charge in [-0.05, 0) is 24.6 Å². The van der Waals surface area contributed by atoms with Crippen molar-refractivity contribution >= 4 is 0 Å². The molecular weight excluding hydrogens is 174 g/mol. The van der Waals surface area contributed by atoms with Gasteiger partial charge < -0.3 is 4.74 Å². The molecule has 0 amide bonds. The first-order valence-corrected chi connectivity index (χ1v) is 5.19. The summed E-state index contributed by atoms with van der Waals surface area (Å²) in [6.07, 6.45) is 1.05. The van der Waals surface area contributed by atoms with Gasteiger partial charge >= 0.3 is 0 Å². The van der Waals surface area contributed by atoms with Gasteiger partial charge in [-0.3, -0.25) is 4.90 Å². The third-order valence-corrected chi connectivity index (χ3v) is 2.69. The van der Waals surface area contributed by atoms with E-state index < -0.39 is 0 Å². The van der Waals surface area contributed by atoms with E-state index in [2.05, 4.69) is 36.2 Å². The van der Waals surface area contributed by atoms with Crippen molar-refractivity contribution < 1.29 is 4.74 Å². The minimum absolute atomic E-state index is 0.852. The third kappa shape index (κ3) is 2.34. The smallest absolute Gasteiger partial charge is 0.0593 e. The van der Waals surface area contributed by atoms with Crippen molar-refractivity contribution in [1.82, 2.24) is 4.90 Å². The summed E-state index contributed by atoms with van der Waals surface area (Å²) in [5, 5.41) is 0. The Morgan fingerprint density at radius 1 is 1.14 bits per heavy atom. The first-order valence-electron chi connectivity index (χ1n) is 5.19. The molecule has 0 radical (unpaired) electrons. The Bertz CT molecular complexity index is 298. The molecule has 0 aromatic heterocycles. The van der Waals surface area contributed by atoms with Crippen LogP contribution in [0.3, 0.4) is 0 Å². The highest BCUT2D eigenvalue weighted by Crippen LogP contribution is 2.13. The molecule has 0 saturated heterocycles. The number of nitrogens with zero attached hydrogens (tertiary/aromatic N) is 1. The van der Waals surface area contributed by atoms with Crippen LogP contribution in [0.2, 0.25) is 0 Å². The molecule has 0 unspecified atom stereocenters. The van der Waals surface area contributed by atoms with Gasteiger partial charge in [0.2, 0.25) is 0 Å². The van der Waals surface area contributed by atoms with Gasteiger partial charge in [-0.2, -0.15) is 0 Å². The normalized spacial score (nSPS) is 19.2. The summed E-state index contributed by atoms with van der Waals surface area (Å²) in [7, 11) is 2.14.